The summed E-state index contributed by atoms with van der Waals surface area (Å²) in [6.07, 6.45) is 0. The Morgan fingerprint density at radius 3 is 0.600 bits per heavy atom. The minimum absolute atomic E-state index is 0. The predicted octanol–water partition coefficient (Wildman–Crippen LogP) is 4.52. The molecule has 0 saturated heterocycles. The van der Waals surface area contributed by atoms with Crippen molar-refractivity contribution in [2.45, 2.75) is 0 Å². The Morgan fingerprint density at radius 2 is 0.550 bits per heavy atom. The fraction of sp³-hybridized carbons (Fsp3) is 0. The third-order valence-corrected chi connectivity index (χ3v) is 1.82. The summed E-state index contributed by atoms with van der Waals surface area (Å²) in [6, 6.07) is 37.5. The maximum atomic E-state index is 2.89. The normalized spacial score (nSPS) is 7.20. The summed E-state index contributed by atoms with van der Waals surface area (Å²) in [5.74, 6) is 0. The van der Waals surface area contributed by atoms with Gasteiger partial charge < -0.3 is 0 Å². The first kappa shape index (κ1) is 21.1. The molecule has 20 heavy (non-hydrogen) atoms. The zero-order chi connectivity index (χ0) is 12.7. The first-order chi connectivity index (χ1) is 9.00. The van der Waals surface area contributed by atoms with Gasteiger partial charge in [-0.05, 0) is 0 Å². The molecule has 3 aromatic rings. The maximum Gasteiger partial charge on any atom is 0 e. The number of hydrogen-bond acceptors (Lipinski definition) is 0. The van der Waals surface area contributed by atoms with Crippen molar-refractivity contribution >= 4 is 9.90 Å². The number of rotatable bonds is 0. The van der Waals surface area contributed by atoms with E-state index in [1.165, 1.54) is 0 Å². The third-order valence-electron chi connectivity index (χ3n) is 1.82. The van der Waals surface area contributed by atoms with Gasteiger partial charge in [0.15, 0.2) is 0 Å². The average molecular weight is 372 g/mol. The average Bonchev–Trinajstić information content (AvgIpc) is 2.54. The first-order valence-corrected chi connectivity index (χ1v) is 5.73. The van der Waals surface area contributed by atoms with Crippen LogP contribution in [-0.4, -0.2) is 0 Å². The SMILES string of the molecule is P.[Pd].[c-]1ccccc1.[c-]1ccccc1.[c-]1ccccc1. The minimum Gasteiger partial charge on any atom is -0.184 e. The molecule has 0 aliphatic carbocycles. The summed E-state index contributed by atoms with van der Waals surface area (Å²) in [4.78, 5) is 0. The second-order valence-corrected chi connectivity index (χ2v) is 3.23. The molecule has 0 saturated carbocycles. The molecule has 0 nitrogen and oxygen atoms in total. The molecular formula is C18H18PPd-3. The number of hydrogen-bond donors (Lipinski definition) is 0. The van der Waals surface area contributed by atoms with Crippen molar-refractivity contribution in [1.82, 2.24) is 0 Å². The Balaban J connectivity index is 0. The molecule has 0 bridgehead atoms. The zero-order valence-electron chi connectivity index (χ0n) is 11.2. The van der Waals surface area contributed by atoms with Gasteiger partial charge in [0.1, 0.15) is 0 Å². The van der Waals surface area contributed by atoms with Gasteiger partial charge in [0.05, 0.1) is 0 Å². The second-order valence-electron chi connectivity index (χ2n) is 3.23. The van der Waals surface area contributed by atoms with E-state index in [-0.39, 0.29) is 30.3 Å². The summed E-state index contributed by atoms with van der Waals surface area (Å²) in [6.45, 7) is 0. The van der Waals surface area contributed by atoms with Crippen LogP contribution in [0.2, 0.25) is 0 Å². The molecule has 3 aromatic carbocycles. The van der Waals surface area contributed by atoms with Crippen LogP contribution >= 0.6 is 9.90 Å². The van der Waals surface area contributed by atoms with Crippen molar-refractivity contribution < 1.29 is 20.4 Å². The molecule has 0 radical (unpaired) electrons. The molecule has 3 rings (SSSR count). The maximum absolute atomic E-state index is 2.89. The molecule has 0 spiro atoms. The fourth-order valence-corrected chi connectivity index (χ4v) is 1.03. The molecule has 2 heteroatoms. The smallest absolute Gasteiger partial charge is 0 e. The van der Waals surface area contributed by atoms with E-state index in [2.05, 4.69) is 18.2 Å². The van der Waals surface area contributed by atoms with Crippen molar-refractivity contribution in [3.63, 3.8) is 0 Å². The van der Waals surface area contributed by atoms with Gasteiger partial charge in [-0.25, -0.2) is 0 Å². The van der Waals surface area contributed by atoms with Crippen LogP contribution in [0.15, 0.2) is 91.0 Å². The molecular weight excluding hydrogens is 354 g/mol. The van der Waals surface area contributed by atoms with Gasteiger partial charge in [-0.15, -0.1) is 0 Å². The van der Waals surface area contributed by atoms with Crippen LogP contribution in [0.3, 0.4) is 0 Å². The molecule has 0 amide bonds. The monoisotopic (exact) mass is 371 g/mol. The Bertz CT molecular complexity index is 302. The summed E-state index contributed by atoms with van der Waals surface area (Å²) in [5, 5.41) is 0. The van der Waals surface area contributed by atoms with Crippen molar-refractivity contribution in [2.24, 2.45) is 0 Å². The molecule has 0 heterocycles. The Hall–Kier alpha value is -1.25. The molecule has 0 aromatic heterocycles. The molecule has 0 aliphatic rings. The second kappa shape index (κ2) is 17.8. The molecule has 1 unspecified atom stereocenters. The molecule has 0 fully saturated rings. The molecule has 0 N–H and O–H groups in total. The van der Waals surface area contributed by atoms with Crippen molar-refractivity contribution in [2.75, 3.05) is 0 Å². The van der Waals surface area contributed by atoms with Crippen molar-refractivity contribution in [1.29, 1.82) is 0 Å². The summed E-state index contributed by atoms with van der Waals surface area (Å²) in [7, 11) is 0. The van der Waals surface area contributed by atoms with Gasteiger partial charge in [0.25, 0.3) is 0 Å². The molecule has 1 atom stereocenters. The van der Waals surface area contributed by atoms with Crippen LogP contribution < -0.4 is 0 Å². The molecule has 108 valence electrons. The standard InChI is InChI=1S/3C6H5.H3P.Pd/c3*1-2-4-6-5-3-1;;/h3*1-5H;1H3;/q3*-1;;. The van der Waals surface area contributed by atoms with Crippen LogP contribution in [0.1, 0.15) is 0 Å². The first-order valence-electron chi connectivity index (χ1n) is 5.73. The van der Waals surface area contributed by atoms with Crippen molar-refractivity contribution in [3.05, 3.63) is 109 Å². The molecule has 0 aliphatic heterocycles. The van der Waals surface area contributed by atoms with Gasteiger partial charge in [-0.2, -0.15) is 119 Å². The zero-order valence-corrected chi connectivity index (χ0v) is 14.2. The van der Waals surface area contributed by atoms with E-state index in [9.17, 15) is 0 Å². The van der Waals surface area contributed by atoms with Crippen LogP contribution in [-0.2, 0) is 20.4 Å². The summed E-state index contributed by atoms with van der Waals surface area (Å²) in [5.41, 5.74) is 0. The number of benzene rings is 3. The minimum atomic E-state index is 0. The van der Waals surface area contributed by atoms with Crippen LogP contribution in [0, 0.1) is 18.2 Å². The predicted molar refractivity (Wildman–Crippen MR) is 86.9 cm³/mol. The quantitative estimate of drug-likeness (QED) is 0.310. The summed E-state index contributed by atoms with van der Waals surface area (Å²) < 4.78 is 0. The van der Waals surface area contributed by atoms with Gasteiger partial charge >= 0.3 is 0 Å². The van der Waals surface area contributed by atoms with Gasteiger partial charge in [0, 0.05) is 20.4 Å². The van der Waals surface area contributed by atoms with E-state index < -0.39 is 0 Å². The van der Waals surface area contributed by atoms with Crippen LogP contribution in [0.25, 0.3) is 0 Å². The summed E-state index contributed by atoms with van der Waals surface area (Å²) >= 11 is 0. The Kier molecular flexibility index (Phi) is 18.7. The van der Waals surface area contributed by atoms with Crippen LogP contribution in [0.5, 0.6) is 0 Å². The fourth-order valence-electron chi connectivity index (χ4n) is 1.03. The van der Waals surface area contributed by atoms with E-state index in [0.29, 0.717) is 0 Å². The third kappa shape index (κ3) is 14.8. The van der Waals surface area contributed by atoms with E-state index in [1.54, 1.807) is 0 Å². The van der Waals surface area contributed by atoms with Gasteiger partial charge in [-0.3, -0.25) is 0 Å². The van der Waals surface area contributed by atoms with Crippen LogP contribution in [0.4, 0.5) is 0 Å². The van der Waals surface area contributed by atoms with E-state index in [0.717, 1.165) is 0 Å². The van der Waals surface area contributed by atoms with Gasteiger partial charge in [0.2, 0.25) is 0 Å². The Labute approximate surface area is 139 Å². The largest absolute Gasteiger partial charge is 0.184 e. The van der Waals surface area contributed by atoms with E-state index >= 15 is 0 Å². The Morgan fingerprint density at radius 1 is 0.350 bits per heavy atom. The van der Waals surface area contributed by atoms with E-state index in [4.69, 9.17) is 0 Å². The topological polar surface area (TPSA) is 0 Å². The van der Waals surface area contributed by atoms with Crippen molar-refractivity contribution in [3.8, 4) is 0 Å². The van der Waals surface area contributed by atoms with Gasteiger partial charge in [-0.1, -0.05) is 0 Å². The van der Waals surface area contributed by atoms with E-state index in [1.807, 2.05) is 91.0 Å².